The molecule has 0 spiro atoms. The van der Waals surface area contributed by atoms with Crippen molar-refractivity contribution in [3.63, 3.8) is 0 Å². The van der Waals surface area contributed by atoms with Crippen molar-refractivity contribution < 1.29 is 9.53 Å². The highest BCUT2D eigenvalue weighted by molar-refractivity contribution is 6.29. The molecule has 0 aromatic carbocycles. The van der Waals surface area contributed by atoms with Gasteiger partial charge in [0.15, 0.2) is 0 Å². The molecule has 0 aliphatic heterocycles. The third-order valence-corrected chi connectivity index (χ3v) is 3.08. The van der Waals surface area contributed by atoms with Gasteiger partial charge in [-0.15, -0.1) is 0 Å². The molecule has 5 heteroatoms. The lowest BCUT2D eigenvalue weighted by molar-refractivity contribution is 0.0951. The van der Waals surface area contributed by atoms with Gasteiger partial charge in [0.05, 0.1) is 0 Å². The summed E-state index contributed by atoms with van der Waals surface area (Å²) in [7, 11) is 1.67. The van der Waals surface area contributed by atoms with Gasteiger partial charge in [0, 0.05) is 36.9 Å². The van der Waals surface area contributed by atoms with Crippen LogP contribution in [0.2, 0.25) is 5.15 Å². The van der Waals surface area contributed by atoms with Gasteiger partial charge in [0.2, 0.25) is 0 Å². The maximum absolute atomic E-state index is 12.1. The van der Waals surface area contributed by atoms with Crippen LogP contribution in [0.5, 0.6) is 0 Å². The van der Waals surface area contributed by atoms with Gasteiger partial charge in [0.25, 0.3) is 5.91 Å². The normalized spacial score (nSPS) is 11.4. The monoisotopic (exact) mass is 298 g/mol. The molecule has 20 heavy (non-hydrogen) atoms. The fourth-order valence-corrected chi connectivity index (χ4v) is 1.90. The summed E-state index contributed by atoms with van der Waals surface area (Å²) in [6.07, 6.45) is 1.83. The highest BCUT2D eigenvalue weighted by atomic mass is 35.5. The van der Waals surface area contributed by atoms with Gasteiger partial charge in [-0.3, -0.25) is 4.79 Å². The van der Waals surface area contributed by atoms with E-state index in [1.807, 2.05) is 20.8 Å². The van der Waals surface area contributed by atoms with E-state index in [1.54, 1.807) is 19.2 Å². The van der Waals surface area contributed by atoms with Crippen molar-refractivity contribution >= 4 is 17.5 Å². The van der Waals surface area contributed by atoms with Gasteiger partial charge in [-0.25, -0.2) is 4.98 Å². The first kappa shape index (κ1) is 16.9. The van der Waals surface area contributed by atoms with E-state index in [4.69, 9.17) is 16.3 Å². The Labute approximate surface area is 125 Å². The van der Waals surface area contributed by atoms with Crippen LogP contribution in [0.1, 0.15) is 49.7 Å². The molecule has 0 saturated carbocycles. The summed E-state index contributed by atoms with van der Waals surface area (Å²) in [5.74, 6) is -0.114. The third kappa shape index (κ3) is 5.47. The first-order valence-electron chi connectivity index (χ1n) is 6.80. The average Bonchev–Trinajstić information content (AvgIpc) is 2.36. The molecule has 0 fully saturated rings. The number of methoxy groups -OCH3 is 1. The molecule has 0 atom stereocenters. The molecule has 0 aliphatic carbocycles. The molecule has 0 aliphatic rings. The Morgan fingerprint density at radius 1 is 1.35 bits per heavy atom. The molecule has 4 nitrogen and oxygen atoms in total. The quantitative estimate of drug-likeness (QED) is 0.648. The summed E-state index contributed by atoms with van der Waals surface area (Å²) in [5, 5.41) is 3.23. The molecule has 0 radical (unpaired) electrons. The predicted octanol–water partition coefficient (Wildman–Crippen LogP) is 3.19. The minimum Gasteiger partial charge on any atom is -0.385 e. The summed E-state index contributed by atoms with van der Waals surface area (Å²) in [4.78, 5) is 16.4. The molecular weight excluding hydrogens is 276 g/mol. The van der Waals surface area contributed by atoms with Crippen molar-refractivity contribution in [3.05, 3.63) is 28.5 Å². The van der Waals surface area contributed by atoms with Crippen LogP contribution in [-0.4, -0.2) is 31.2 Å². The number of unbranched alkanes of at least 4 members (excludes halogenated alkanes) is 1. The van der Waals surface area contributed by atoms with E-state index in [1.165, 1.54) is 0 Å². The summed E-state index contributed by atoms with van der Waals surface area (Å²) in [6.45, 7) is 7.46. The van der Waals surface area contributed by atoms with E-state index in [9.17, 15) is 4.79 Å². The number of hydrogen-bond acceptors (Lipinski definition) is 3. The fraction of sp³-hybridized carbons (Fsp3) is 0.600. The number of carbonyl (C=O) groups excluding carboxylic acids is 1. The Morgan fingerprint density at radius 2 is 2.05 bits per heavy atom. The molecule has 112 valence electrons. The van der Waals surface area contributed by atoms with E-state index < -0.39 is 0 Å². The molecule has 1 rings (SSSR count). The van der Waals surface area contributed by atoms with Crippen molar-refractivity contribution in [2.45, 2.75) is 39.0 Å². The van der Waals surface area contributed by atoms with Crippen molar-refractivity contribution in [2.24, 2.45) is 0 Å². The Bertz CT molecular complexity index is 456. The maximum atomic E-state index is 12.1. The summed E-state index contributed by atoms with van der Waals surface area (Å²) in [6, 6.07) is 3.40. The van der Waals surface area contributed by atoms with E-state index in [0.29, 0.717) is 23.9 Å². The second-order valence-corrected chi connectivity index (χ2v) is 6.16. The molecule has 0 unspecified atom stereocenters. The number of carbonyl (C=O) groups is 1. The molecule has 1 N–H and O–H groups in total. The molecule has 1 heterocycles. The zero-order valence-electron chi connectivity index (χ0n) is 12.6. The SMILES string of the molecule is COCCCCNC(=O)c1cc(Cl)nc(C(C)(C)C)c1. The zero-order valence-corrected chi connectivity index (χ0v) is 13.4. The van der Waals surface area contributed by atoms with E-state index in [-0.39, 0.29) is 11.3 Å². The third-order valence-electron chi connectivity index (χ3n) is 2.89. The molecule has 0 bridgehead atoms. The van der Waals surface area contributed by atoms with Crippen LogP contribution >= 0.6 is 11.6 Å². The predicted molar refractivity (Wildman–Crippen MR) is 81.4 cm³/mol. The van der Waals surface area contributed by atoms with Crippen molar-refractivity contribution in [3.8, 4) is 0 Å². The second kappa shape index (κ2) is 7.60. The fourth-order valence-electron chi connectivity index (χ4n) is 1.69. The first-order chi connectivity index (χ1) is 9.34. The lowest BCUT2D eigenvalue weighted by Crippen LogP contribution is -2.25. The molecule has 1 aromatic rings. The van der Waals surface area contributed by atoms with Gasteiger partial charge in [-0.05, 0) is 25.0 Å². The van der Waals surface area contributed by atoms with E-state index in [2.05, 4.69) is 10.3 Å². The number of aromatic nitrogens is 1. The number of ether oxygens (including phenoxy) is 1. The summed E-state index contributed by atoms with van der Waals surface area (Å²) in [5.41, 5.74) is 1.23. The second-order valence-electron chi connectivity index (χ2n) is 5.77. The maximum Gasteiger partial charge on any atom is 0.251 e. The molecule has 1 amide bonds. The zero-order chi connectivity index (χ0) is 15.2. The van der Waals surface area contributed by atoms with Crippen LogP contribution in [0, 0.1) is 0 Å². The molecule has 0 saturated heterocycles. The van der Waals surface area contributed by atoms with Crippen LogP contribution in [0.4, 0.5) is 0 Å². The lowest BCUT2D eigenvalue weighted by Gasteiger charge is -2.18. The number of rotatable bonds is 6. The van der Waals surface area contributed by atoms with E-state index >= 15 is 0 Å². The van der Waals surface area contributed by atoms with Crippen LogP contribution < -0.4 is 5.32 Å². The van der Waals surface area contributed by atoms with Gasteiger partial charge < -0.3 is 10.1 Å². The first-order valence-corrected chi connectivity index (χ1v) is 7.17. The number of hydrogen-bond donors (Lipinski definition) is 1. The molecular formula is C15H23ClN2O2. The minimum absolute atomic E-state index is 0.114. The average molecular weight is 299 g/mol. The standard InChI is InChI=1S/C15H23ClN2O2/c1-15(2,3)12-9-11(10-13(16)18-12)14(19)17-7-5-6-8-20-4/h9-10H,5-8H2,1-4H3,(H,17,19). The van der Waals surface area contributed by atoms with Gasteiger partial charge in [-0.2, -0.15) is 0 Å². The number of halogens is 1. The lowest BCUT2D eigenvalue weighted by atomic mass is 9.91. The number of pyridine rings is 1. The van der Waals surface area contributed by atoms with Crippen LogP contribution in [-0.2, 0) is 10.2 Å². The highest BCUT2D eigenvalue weighted by Gasteiger charge is 2.18. The van der Waals surface area contributed by atoms with Gasteiger partial charge >= 0.3 is 0 Å². The Morgan fingerprint density at radius 3 is 2.65 bits per heavy atom. The largest absolute Gasteiger partial charge is 0.385 e. The number of amides is 1. The number of nitrogens with one attached hydrogen (secondary N) is 1. The highest BCUT2D eigenvalue weighted by Crippen LogP contribution is 2.23. The Kier molecular flexibility index (Phi) is 6.43. The van der Waals surface area contributed by atoms with Gasteiger partial charge in [0.1, 0.15) is 5.15 Å². The van der Waals surface area contributed by atoms with Crippen LogP contribution in [0.25, 0.3) is 0 Å². The van der Waals surface area contributed by atoms with Crippen LogP contribution in [0.3, 0.4) is 0 Å². The topological polar surface area (TPSA) is 51.2 Å². The smallest absolute Gasteiger partial charge is 0.251 e. The molecule has 1 aromatic heterocycles. The number of nitrogens with zero attached hydrogens (tertiary/aromatic N) is 1. The van der Waals surface area contributed by atoms with Crippen LogP contribution in [0.15, 0.2) is 12.1 Å². The van der Waals surface area contributed by atoms with Crippen molar-refractivity contribution in [1.82, 2.24) is 10.3 Å². The van der Waals surface area contributed by atoms with E-state index in [0.717, 1.165) is 18.5 Å². The Balaban J connectivity index is 2.66. The summed E-state index contributed by atoms with van der Waals surface area (Å²) >= 11 is 6.00. The van der Waals surface area contributed by atoms with Crippen molar-refractivity contribution in [1.29, 1.82) is 0 Å². The van der Waals surface area contributed by atoms with Gasteiger partial charge in [-0.1, -0.05) is 32.4 Å². The Hall–Kier alpha value is -1.13. The van der Waals surface area contributed by atoms with Crippen molar-refractivity contribution in [2.75, 3.05) is 20.3 Å². The summed E-state index contributed by atoms with van der Waals surface area (Å²) < 4.78 is 4.96. The minimum atomic E-state index is -0.140.